The smallest absolute Gasteiger partial charge is 0.274 e. The van der Waals surface area contributed by atoms with E-state index in [2.05, 4.69) is 31.9 Å². The largest absolute Gasteiger partial charge is 0.416 e. The fraction of sp³-hybridized carbons (Fsp3) is 0.467. The van der Waals surface area contributed by atoms with E-state index in [1.807, 2.05) is 0 Å². The lowest BCUT2D eigenvalue weighted by Crippen LogP contribution is -2.34. The zero-order valence-electron chi connectivity index (χ0n) is 11.7. The standard InChI is InChI=1S/C15H12Br2F3NO2/c16-11-5-9-10(6-12(11)17)14(23)21(13(9)22)8-3-1-2-7(4-8)15(18,19)20/h1-4,9-12H,5-6H2/t9-,10+,11-,12+. The Labute approximate surface area is 147 Å². The molecule has 4 atom stereocenters. The minimum atomic E-state index is -4.52. The number of halogens is 5. The van der Waals surface area contributed by atoms with Crippen molar-refractivity contribution >= 4 is 49.4 Å². The highest BCUT2D eigenvalue weighted by Crippen LogP contribution is 2.44. The highest BCUT2D eigenvalue weighted by molar-refractivity contribution is 9.12. The Morgan fingerprint density at radius 1 is 1.00 bits per heavy atom. The van der Waals surface area contributed by atoms with Crippen LogP contribution in [0.25, 0.3) is 0 Å². The predicted molar refractivity (Wildman–Crippen MR) is 85.6 cm³/mol. The molecule has 3 rings (SSSR count). The SMILES string of the molecule is O=C1[C@H]2C[C@H](Br)[C@H](Br)C[C@H]2C(=O)N1c1cccc(C(F)(F)F)c1. The zero-order chi connectivity index (χ0) is 16.9. The Kier molecular flexibility index (Phi) is 4.33. The number of anilines is 1. The third-order valence-electron chi connectivity index (χ3n) is 4.34. The first kappa shape index (κ1) is 17.0. The number of hydrogen-bond donors (Lipinski definition) is 0. The lowest BCUT2D eigenvalue weighted by atomic mass is 9.81. The van der Waals surface area contributed by atoms with Gasteiger partial charge in [-0.2, -0.15) is 13.2 Å². The molecule has 3 nitrogen and oxygen atoms in total. The molecular formula is C15H12Br2F3NO2. The van der Waals surface area contributed by atoms with Crippen LogP contribution in [0.5, 0.6) is 0 Å². The number of nitrogens with zero attached hydrogens (tertiary/aromatic N) is 1. The first-order valence-corrected chi connectivity index (χ1v) is 8.86. The topological polar surface area (TPSA) is 37.4 Å². The molecule has 1 saturated heterocycles. The van der Waals surface area contributed by atoms with Crippen LogP contribution in [0.1, 0.15) is 18.4 Å². The van der Waals surface area contributed by atoms with Crippen molar-refractivity contribution in [3.05, 3.63) is 29.8 Å². The van der Waals surface area contributed by atoms with Crippen molar-refractivity contribution in [3.8, 4) is 0 Å². The molecule has 0 N–H and O–H groups in total. The van der Waals surface area contributed by atoms with E-state index in [9.17, 15) is 22.8 Å². The molecule has 1 aromatic carbocycles. The van der Waals surface area contributed by atoms with Gasteiger partial charge < -0.3 is 0 Å². The molecule has 8 heteroatoms. The van der Waals surface area contributed by atoms with E-state index in [4.69, 9.17) is 0 Å². The summed E-state index contributed by atoms with van der Waals surface area (Å²) < 4.78 is 38.5. The number of carbonyl (C=O) groups excluding carboxylic acids is 2. The summed E-state index contributed by atoms with van der Waals surface area (Å²) in [6, 6.07) is 4.34. The van der Waals surface area contributed by atoms with E-state index < -0.39 is 35.4 Å². The molecule has 1 aliphatic carbocycles. The second-order valence-electron chi connectivity index (χ2n) is 5.78. The van der Waals surface area contributed by atoms with Gasteiger partial charge in [0.2, 0.25) is 11.8 Å². The second kappa shape index (κ2) is 5.88. The maximum Gasteiger partial charge on any atom is 0.416 e. The zero-order valence-corrected chi connectivity index (χ0v) is 14.9. The van der Waals surface area contributed by atoms with Crippen LogP contribution in [0.15, 0.2) is 24.3 Å². The van der Waals surface area contributed by atoms with E-state index in [0.717, 1.165) is 17.0 Å². The molecular weight excluding hydrogens is 443 g/mol. The van der Waals surface area contributed by atoms with E-state index in [1.54, 1.807) is 0 Å². The highest BCUT2D eigenvalue weighted by Gasteiger charge is 2.52. The van der Waals surface area contributed by atoms with Gasteiger partial charge in [0.1, 0.15) is 0 Å². The Balaban J connectivity index is 1.95. The average Bonchev–Trinajstić information content (AvgIpc) is 2.71. The Hall–Kier alpha value is -0.890. The summed E-state index contributed by atoms with van der Waals surface area (Å²) in [5, 5.41) is 0. The fourth-order valence-electron chi connectivity index (χ4n) is 3.17. The van der Waals surface area contributed by atoms with Gasteiger partial charge >= 0.3 is 6.18 Å². The van der Waals surface area contributed by atoms with Crippen LogP contribution < -0.4 is 4.90 Å². The first-order valence-electron chi connectivity index (χ1n) is 7.03. The molecule has 2 aliphatic rings. The van der Waals surface area contributed by atoms with Gasteiger partial charge in [-0.1, -0.05) is 37.9 Å². The molecule has 1 heterocycles. The number of carbonyl (C=O) groups is 2. The van der Waals surface area contributed by atoms with Crippen LogP contribution in [0.4, 0.5) is 18.9 Å². The predicted octanol–water partition coefficient (Wildman–Crippen LogP) is 4.13. The number of amides is 2. The molecule has 1 aliphatic heterocycles. The van der Waals surface area contributed by atoms with E-state index in [0.29, 0.717) is 12.8 Å². The third kappa shape index (κ3) is 2.95. The average molecular weight is 455 g/mol. The molecule has 0 unspecified atom stereocenters. The van der Waals surface area contributed by atoms with Crippen LogP contribution in [-0.4, -0.2) is 21.5 Å². The summed E-state index contributed by atoms with van der Waals surface area (Å²) in [4.78, 5) is 26.1. The number of imide groups is 1. The van der Waals surface area contributed by atoms with Gasteiger partial charge in [-0.15, -0.1) is 0 Å². The summed E-state index contributed by atoms with van der Waals surface area (Å²) in [6.45, 7) is 0. The summed E-state index contributed by atoms with van der Waals surface area (Å²) >= 11 is 6.95. The molecule has 1 aromatic rings. The van der Waals surface area contributed by atoms with Crippen molar-refractivity contribution in [3.63, 3.8) is 0 Å². The molecule has 0 bridgehead atoms. The summed E-state index contributed by atoms with van der Waals surface area (Å²) in [7, 11) is 0. The summed E-state index contributed by atoms with van der Waals surface area (Å²) in [5.74, 6) is -1.78. The van der Waals surface area contributed by atoms with Gasteiger partial charge in [-0.05, 0) is 31.0 Å². The fourth-order valence-corrected chi connectivity index (χ4v) is 4.41. The maximum absolute atomic E-state index is 12.8. The van der Waals surface area contributed by atoms with Gasteiger partial charge in [0.15, 0.2) is 0 Å². The van der Waals surface area contributed by atoms with Crippen molar-refractivity contribution in [2.45, 2.75) is 28.7 Å². The molecule has 0 aromatic heterocycles. The van der Waals surface area contributed by atoms with E-state index in [1.165, 1.54) is 12.1 Å². The van der Waals surface area contributed by atoms with Crippen LogP contribution in [0, 0.1) is 11.8 Å². The molecule has 1 saturated carbocycles. The molecule has 0 spiro atoms. The van der Waals surface area contributed by atoms with Crippen LogP contribution in [0.3, 0.4) is 0 Å². The molecule has 2 fully saturated rings. The normalized spacial score (nSPS) is 31.4. The molecule has 23 heavy (non-hydrogen) atoms. The van der Waals surface area contributed by atoms with Crippen molar-refractivity contribution < 1.29 is 22.8 Å². The van der Waals surface area contributed by atoms with Gasteiger partial charge in [0.05, 0.1) is 23.1 Å². The third-order valence-corrected chi connectivity index (χ3v) is 7.08. The Morgan fingerprint density at radius 2 is 1.52 bits per heavy atom. The first-order chi connectivity index (χ1) is 10.7. The van der Waals surface area contributed by atoms with Crippen LogP contribution in [0.2, 0.25) is 0 Å². The van der Waals surface area contributed by atoms with Crippen molar-refractivity contribution in [2.24, 2.45) is 11.8 Å². The van der Waals surface area contributed by atoms with Gasteiger partial charge in [-0.25, -0.2) is 0 Å². The lowest BCUT2D eigenvalue weighted by Gasteiger charge is -2.29. The molecule has 124 valence electrons. The van der Waals surface area contributed by atoms with Crippen molar-refractivity contribution in [1.82, 2.24) is 0 Å². The highest BCUT2D eigenvalue weighted by atomic mass is 79.9. The number of rotatable bonds is 1. The minimum absolute atomic E-state index is 0.0125. The number of benzene rings is 1. The second-order valence-corrected chi connectivity index (χ2v) is 8.13. The molecule has 0 radical (unpaired) electrons. The van der Waals surface area contributed by atoms with Gasteiger partial charge in [0.25, 0.3) is 0 Å². The number of alkyl halides is 5. The van der Waals surface area contributed by atoms with E-state index >= 15 is 0 Å². The van der Waals surface area contributed by atoms with Crippen LogP contribution >= 0.6 is 31.9 Å². The Bertz CT molecular complexity index is 636. The van der Waals surface area contributed by atoms with Gasteiger partial charge in [-0.3, -0.25) is 14.5 Å². The summed E-state index contributed by atoms with van der Waals surface area (Å²) in [6.07, 6.45) is -3.54. The minimum Gasteiger partial charge on any atom is -0.274 e. The lowest BCUT2D eigenvalue weighted by molar-refractivity contribution is -0.137. The van der Waals surface area contributed by atoms with Crippen molar-refractivity contribution in [2.75, 3.05) is 4.90 Å². The quantitative estimate of drug-likeness (QED) is 0.472. The Morgan fingerprint density at radius 3 is 2.00 bits per heavy atom. The maximum atomic E-state index is 12.8. The monoisotopic (exact) mass is 453 g/mol. The van der Waals surface area contributed by atoms with Crippen LogP contribution in [-0.2, 0) is 15.8 Å². The summed E-state index contributed by atoms with van der Waals surface area (Å²) in [5.41, 5.74) is -0.885. The number of fused-ring (bicyclic) bond motifs is 1. The molecule has 2 amide bonds. The van der Waals surface area contributed by atoms with Crippen molar-refractivity contribution in [1.29, 1.82) is 0 Å². The van der Waals surface area contributed by atoms with Gasteiger partial charge in [0, 0.05) is 9.65 Å². The number of hydrogen-bond acceptors (Lipinski definition) is 2. The van der Waals surface area contributed by atoms with E-state index in [-0.39, 0.29) is 15.3 Å².